The lowest BCUT2D eigenvalue weighted by molar-refractivity contribution is -0.147. The van der Waals surface area contributed by atoms with Gasteiger partial charge in [-0.05, 0) is 60.3 Å². The zero-order chi connectivity index (χ0) is 35.1. The highest BCUT2D eigenvalue weighted by molar-refractivity contribution is 7.52. The fourth-order valence-corrected chi connectivity index (χ4v) is 7.90. The SMILES string of the molecule is CCN1CC[C@H]2CC[C@@H](C(=O)N3C[C@H](c4ccccc4)[C@@H](C#N)C3)N2C(=O)[C@@H](NC(=O)c2ccc3ccc(C(F)(F)P(=O)(O)O)cc3c2)C1. The molecule has 0 saturated carbocycles. The highest BCUT2D eigenvalue weighted by Crippen LogP contribution is 2.59. The second-order valence-electron chi connectivity index (χ2n) is 13.1. The average molecular weight is 694 g/mol. The lowest BCUT2D eigenvalue weighted by atomic mass is 9.90. The van der Waals surface area contributed by atoms with Gasteiger partial charge in [-0.25, -0.2) is 0 Å². The maximum atomic E-state index is 14.4. The number of likely N-dealkylation sites (N-methyl/N-ethyl adjacent to an activating group) is 1. The highest BCUT2D eigenvalue weighted by atomic mass is 31.2. The molecule has 3 aliphatic rings. The highest BCUT2D eigenvalue weighted by Gasteiger charge is 2.51. The van der Waals surface area contributed by atoms with Crippen molar-refractivity contribution in [3.8, 4) is 6.07 Å². The Bertz CT molecular complexity index is 1850. The van der Waals surface area contributed by atoms with Gasteiger partial charge in [0.1, 0.15) is 12.1 Å². The van der Waals surface area contributed by atoms with E-state index in [0.29, 0.717) is 44.3 Å². The molecule has 3 N–H and O–H groups in total. The number of likely N-dealkylation sites (tertiary alicyclic amines) is 1. The second-order valence-corrected chi connectivity index (χ2v) is 14.7. The molecule has 49 heavy (non-hydrogen) atoms. The Morgan fingerprint density at radius 1 is 1.00 bits per heavy atom. The van der Waals surface area contributed by atoms with Crippen molar-refractivity contribution in [1.82, 2.24) is 20.0 Å². The fourth-order valence-electron chi connectivity index (χ4n) is 7.42. The molecule has 3 amide bonds. The first-order chi connectivity index (χ1) is 23.3. The van der Waals surface area contributed by atoms with Crippen molar-refractivity contribution in [3.63, 3.8) is 0 Å². The Labute approximate surface area is 282 Å². The zero-order valence-electron chi connectivity index (χ0n) is 26.9. The van der Waals surface area contributed by atoms with E-state index in [1.807, 2.05) is 37.3 Å². The molecule has 0 aliphatic carbocycles. The first-order valence-electron chi connectivity index (χ1n) is 16.4. The molecule has 0 radical (unpaired) electrons. The molecule has 258 valence electrons. The minimum atomic E-state index is -5.80. The van der Waals surface area contributed by atoms with Gasteiger partial charge in [0.2, 0.25) is 11.8 Å². The van der Waals surface area contributed by atoms with Crippen LogP contribution >= 0.6 is 7.60 Å². The Morgan fingerprint density at radius 2 is 1.73 bits per heavy atom. The molecule has 3 aromatic rings. The number of nitrogens with one attached hydrogen (secondary N) is 1. The number of carbonyl (C=O) groups is 3. The molecular weight excluding hydrogens is 655 g/mol. The number of halogens is 2. The van der Waals surface area contributed by atoms with Crippen LogP contribution in [0.5, 0.6) is 0 Å². The third-order valence-corrected chi connectivity index (χ3v) is 11.1. The van der Waals surface area contributed by atoms with Crippen molar-refractivity contribution >= 4 is 36.1 Å². The van der Waals surface area contributed by atoms with Crippen LogP contribution in [0.25, 0.3) is 10.8 Å². The summed E-state index contributed by atoms with van der Waals surface area (Å²) >= 11 is 0. The number of nitriles is 1. The molecule has 6 rings (SSSR count). The smallest absolute Gasteiger partial charge is 0.339 e. The van der Waals surface area contributed by atoms with E-state index in [2.05, 4.69) is 16.3 Å². The van der Waals surface area contributed by atoms with Gasteiger partial charge in [0, 0.05) is 49.3 Å². The third-order valence-electron chi connectivity index (χ3n) is 10.2. The molecular formula is C35H38F2N5O6P. The Balaban J connectivity index is 1.23. The number of carbonyl (C=O) groups excluding carboxylic acids is 3. The number of benzene rings is 3. The molecule has 0 unspecified atom stereocenters. The third kappa shape index (κ3) is 6.71. The summed E-state index contributed by atoms with van der Waals surface area (Å²) in [5.41, 5.74) is -4.25. The summed E-state index contributed by atoms with van der Waals surface area (Å²) in [5, 5.41) is 13.4. The summed E-state index contributed by atoms with van der Waals surface area (Å²) in [6.07, 6.45) is 1.77. The van der Waals surface area contributed by atoms with Gasteiger partial charge in [0.15, 0.2) is 0 Å². The molecule has 5 atom stereocenters. The zero-order valence-corrected chi connectivity index (χ0v) is 27.8. The van der Waals surface area contributed by atoms with Crippen molar-refractivity contribution in [1.29, 1.82) is 5.26 Å². The average Bonchev–Trinajstić information content (AvgIpc) is 3.72. The molecule has 3 aliphatic heterocycles. The molecule has 3 heterocycles. The molecule has 3 aromatic carbocycles. The largest absolute Gasteiger partial charge is 0.399 e. The van der Waals surface area contributed by atoms with Crippen LogP contribution in [0, 0.1) is 17.2 Å². The summed E-state index contributed by atoms with van der Waals surface area (Å²) in [4.78, 5) is 65.7. The van der Waals surface area contributed by atoms with Crippen molar-refractivity contribution in [2.45, 2.75) is 55.9 Å². The normalized spacial score (nSPS) is 25.1. The quantitative estimate of drug-likeness (QED) is 0.314. The molecule has 3 fully saturated rings. The summed E-state index contributed by atoms with van der Waals surface area (Å²) in [6.45, 7) is 4.09. The summed E-state index contributed by atoms with van der Waals surface area (Å²) in [6, 6.07) is 17.5. The number of amides is 3. The number of hydrogen-bond acceptors (Lipinski definition) is 6. The van der Waals surface area contributed by atoms with Crippen molar-refractivity contribution < 1.29 is 37.5 Å². The summed E-state index contributed by atoms with van der Waals surface area (Å²) < 4.78 is 40.3. The van der Waals surface area contributed by atoms with Crippen LogP contribution in [0.3, 0.4) is 0 Å². The monoisotopic (exact) mass is 693 g/mol. The minimum absolute atomic E-state index is 0.0687. The predicted octanol–water partition coefficient (Wildman–Crippen LogP) is 4.02. The van der Waals surface area contributed by atoms with E-state index in [1.54, 1.807) is 9.80 Å². The van der Waals surface area contributed by atoms with Gasteiger partial charge in [0.25, 0.3) is 5.91 Å². The van der Waals surface area contributed by atoms with Crippen LogP contribution in [0.1, 0.15) is 53.6 Å². The topological polar surface area (TPSA) is 154 Å². The van der Waals surface area contributed by atoms with Crippen LogP contribution in [-0.4, -0.2) is 93.1 Å². The maximum absolute atomic E-state index is 14.4. The van der Waals surface area contributed by atoms with E-state index >= 15 is 0 Å². The number of alkyl halides is 2. The molecule has 3 saturated heterocycles. The van der Waals surface area contributed by atoms with E-state index in [0.717, 1.165) is 17.7 Å². The van der Waals surface area contributed by atoms with Gasteiger partial charge in [-0.1, -0.05) is 55.5 Å². The number of hydrogen-bond donors (Lipinski definition) is 3. The first kappa shape index (κ1) is 34.6. The van der Waals surface area contributed by atoms with Crippen LogP contribution in [0.15, 0.2) is 66.7 Å². The summed E-state index contributed by atoms with van der Waals surface area (Å²) in [7, 11) is -5.80. The number of nitrogens with zero attached hydrogens (tertiary/aromatic N) is 4. The van der Waals surface area contributed by atoms with E-state index in [-0.39, 0.29) is 53.7 Å². The van der Waals surface area contributed by atoms with Crippen molar-refractivity contribution in [3.05, 3.63) is 83.4 Å². The van der Waals surface area contributed by atoms with Gasteiger partial charge in [-0.15, -0.1) is 0 Å². The van der Waals surface area contributed by atoms with E-state index in [1.165, 1.54) is 24.3 Å². The van der Waals surface area contributed by atoms with Gasteiger partial charge < -0.3 is 29.8 Å². The first-order valence-corrected chi connectivity index (χ1v) is 18.0. The molecule has 14 heteroatoms. The lowest BCUT2D eigenvalue weighted by Gasteiger charge is -2.39. The molecule has 0 aromatic heterocycles. The van der Waals surface area contributed by atoms with E-state index in [9.17, 15) is 42.8 Å². The van der Waals surface area contributed by atoms with Gasteiger partial charge in [0.05, 0.1) is 12.0 Å². The summed E-state index contributed by atoms with van der Waals surface area (Å²) in [5.74, 6) is -1.73. The van der Waals surface area contributed by atoms with Gasteiger partial charge in [-0.3, -0.25) is 18.9 Å². The van der Waals surface area contributed by atoms with Gasteiger partial charge >= 0.3 is 13.3 Å². The van der Waals surface area contributed by atoms with Crippen molar-refractivity contribution in [2.24, 2.45) is 5.92 Å². The second kappa shape index (κ2) is 13.6. The van der Waals surface area contributed by atoms with Crippen LogP contribution in [-0.2, 0) is 19.8 Å². The van der Waals surface area contributed by atoms with E-state index < -0.39 is 36.8 Å². The van der Waals surface area contributed by atoms with E-state index in [4.69, 9.17) is 0 Å². The van der Waals surface area contributed by atoms with Gasteiger partial charge in [-0.2, -0.15) is 14.0 Å². The Hall–Kier alpha value is -4.21. The Morgan fingerprint density at radius 3 is 2.43 bits per heavy atom. The number of fused-ring (bicyclic) bond motifs is 2. The van der Waals surface area contributed by atoms with Crippen LogP contribution < -0.4 is 5.32 Å². The fraction of sp³-hybridized carbons (Fsp3) is 0.429. The number of rotatable bonds is 7. The maximum Gasteiger partial charge on any atom is 0.399 e. The van der Waals surface area contributed by atoms with Crippen LogP contribution in [0.2, 0.25) is 0 Å². The van der Waals surface area contributed by atoms with Crippen molar-refractivity contribution in [2.75, 3.05) is 32.7 Å². The van der Waals surface area contributed by atoms with Crippen LogP contribution in [0.4, 0.5) is 8.78 Å². The molecule has 0 bridgehead atoms. The Kier molecular flexibility index (Phi) is 9.61. The lowest BCUT2D eigenvalue weighted by Crippen LogP contribution is -2.60. The minimum Gasteiger partial charge on any atom is -0.339 e. The standard InChI is InChI=1S/C35H38F2N5O6P/c1-2-40-15-14-28-12-13-31(34(45)41-19-26(18-38)29(20-41)23-6-4-3-5-7-23)42(28)33(44)30(21-40)39-32(43)24-9-8-22-10-11-27(17-25(22)16-24)35(36,37)49(46,47)48/h3-11,16-17,26,28-31H,2,12-15,19-21H2,1H3,(H,39,43)(H2,46,47,48)/t26-,28+,29+,30-,31-/m0/s1. The predicted molar refractivity (Wildman–Crippen MR) is 176 cm³/mol. The molecule has 0 spiro atoms. The molecule has 11 nitrogen and oxygen atoms in total.